The first-order chi connectivity index (χ1) is 20.4. The number of methoxy groups -OCH3 is 1. The first kappa shape index (κ1) is 26.2. The summed E-state index contributed by atoms with van der Waals surface area (Å²) in [6.45, 7) is 5.32. The molecule has 0 N–H and O–H groups in total. The molecule has 3 saturated heterocycles. The second kappa shape index (κ2) is 10.3. The second-order valence-corrected chi connectivity index (χ2v) is 12.0. The van der Waals surface area contributed by atoms with E-state index in [0.29, 0.717) is 41.8 Å². The van der Waals surface area contributed by atoms with Gasteiger partial charge < -0.3 is 14.4 Å². The van der Waals surface area contributed by atoms with Crippen LogP contribution in [0.2, 0.25) is 0 Å². The SMILES string of the molecule is COc1ccc(CN2C3CC2CN(c2ccc(-c4cc(OCC5CC(C)(C#N)C5)cn5ncc(C#N)c45)cn2)C3)cn1. The number of piperidine rings is 1. The Hall–Kier alpha value is -4.67. The van der Waals surface area contributed by atoms with Gasteiger partial charge in [-0.3, -0.25) is 4.90 Å². The van der Waals surface area contributed by atoms with Crippen LogP contribution < -0.4 is 14.4 Å². The predicted octanol–water partition coefficient (Wildman–Crippen LogP) is 4.45. The minimum atomic E-state index is -0.235. The highest BCUT2D eigenvalue weighted by molar-refractivity contribution is 5.85. The molecule has 3 aliphatic heterocycles. The Morgan fingerprint density at radius 1 is 1.05 bits per heavy atom. The number of anilines is 1. The van der Waals surface area contributed by atoms with Crippen molar-refractivity contribution in [2.45, 2.75) is 44.8 Å². The number of aromatic nitrogens is 4. The van der Waals surface area contributed by atoms with E-state index in [-0.39, 0.29) is 5.41 Å². The summed E-state index contributed by atoms with van der Waals surface area (Å²) < 4.78 is 13.1. The smallest absolute Gasteiger partial charge is 0.212 e. The van der Waals surface area contributed by atoms with Crippen LogP contribution in [0.5, 0.6) is 11.6 Å². The van der Waals surface area contributed by atoms with Gasteiger partial charge in [0.25, 0.3) is 0 Å². The molecule has 1 saturated carbocycles. The van der Waals surface area contributed by atoms with Crippen LogP contribution in [0.4, 0.5) is 5.82 Å². The highest BCUT2D eigenvalue weighted by Gasteiger charge is 2.44. The monoisotopic (exact) mass is 560 g/mol. The van der Waals surface area contributed by atoms with Crippen LogP contribution in [0.15, 0.2) is 55.1 Å². The molecule has 42 heavy (non-hydrogen) atoms. The van der Waals surface area contributed by atoms with Crippen molar-refractivity contribution in [2.75, 3.05) is 31.7 Å². The van der Waals surface area contributed by atoms with Crippen LogP contribution in [0, 0.1) is 34.0 Å². The van der Waals surface area contributed by atoms with Crippen LogP contribution in [-0.2, 0) is 6.54 Å². The van der Waals surface area contributed by atoms with E-state index in [1.54, 1.807) is 17.8 Å². The Kier molecular flexibility index (Phi) is 6.44. The molecule has 4 aromatic rings. The zero-order chi connectivity index (χ0) is 28.8. The number of ether oxygens (including phenoxy) is 2. The third-order valence-corrected chi connectivity index (χ3v) is 9.04. The number of piperazine rings is 1. The third kappa shape index (κ3) is 4.68. The largest absolute Gasteiger partial charge is 0.492 e. The minimum Gasteiger partial charge on any atom is -0.492 e. The van der Waals surface area contributed by atoms with E-state index in [2.05, 4.69) is 50.2 Å². The molecular weight excluding hydrogens is 528 g/mol. The summed E-state index contributed by atoms with van der Waals surface area (Å²) in [7, 11) is 1.63. The zero-order valence-corrected chi connectivity index (χ0v) is 23.8. The minimum absolute atomic E-state index is 0.235. The molecule has 2 bridgehead atoms. The molecule has 0 radical (unpaired) electrons. The predicted molar refractivity (Wildman–Crippen MR) is 156 cm³/mol. The molecule has 8 rings (SSSR count). The first-order valence-corrected chi connectivity index (χ1v) is 14.4. The molecule has 0 aromatic carbocycles. The first-order valence-electron chi connectivity index (χ1n) is 14.4. The fourth-order valence-corrected chi connectivity index (χ4v) is 6.82. The van der Waals surface area contributed by atoms with Gasteiger partial charge in [0.15, 0.2) is 0 Å². The van der Waals surface area contributed by atoms with Gasteiger partial charge in [0.1, 0.15) is 17.6 Å². The highest BCUT2D eigenvalue weighted by Crippen LogP contribution is 2.45. The molecule has 2 atom stereocenters. The summed E-state index contributed by atoms with van der Waals surface area (Å²) in [5.41, 5.74) is 3.97. The number of rotatable bonds is 8. The lowest BCUT2D eigenvalue weighted by molar-refractivity contribution is -0.00876. The van der Waals surface area contributed by atoms with Gasteiger partial charge in [0.2, 0.25) is 5.88 Å². The molecule has 1 aliphatic carbocycles. The molecule has 0 spiro atoms. The molecule has 0 amide bonds. The van der Waals surface area contributed by atoms with E-state index in [9.17, 15) is 10.5 Å². The summed E-state index contributed by atoms with van der Waals surface area (Å²) >= 11 is 0. The summed E-state index contributed by atoms with van der Waals surface area (Å²) in [6.07, 6.45) is 10.1. The lowest BCUT2D eigenvalue weighted by atomic mass is 9.64. The molecule has 4 fully saturated rings. The van der Waals surface area contributed by atoms with Gasteiger partial charge in [-0.1, -0.05) is 6.07 Å². The summed E-state index contributed by atoms with van der Waals surface area (Å²) in [5.74, 6) is 2.64. The Labute approximate surface area is 244 Å². The lowest BCUT2D eigenvalue weighted by Crippen LogP contribution is -2.68. The Balaban J connectivity index is 1.06. The quantitative estimate of drug-likeness (QED) is 0.308. The van der Waals surface area contributed by atoms with E-state index in [1.165, 1.54) is 12.0 Å². The molecule has 2 unspecified atom stereocenters. The van der Waals surface area contributed by atoms with Crippen LogP contribution in [0.3, 0.4) is 0 Å². The molecule has 10 nitrogen and oxygen atoms in total. The Bertz CT molecular complexity index is 1680. The number of hydrogen-bond acceptors (Lipinski definition) is 9. The van der Waals surface area contributed by atoms with Crippen molar-refractivity contribution in [3.05, 3.63) is 66.2 Å². The average Bonchev–Trinajstić information content (AvgIpc) is 3.44. The van der Waals surface area contributed by atoms with Gasteiger partial charge in [-0.25, -0.2) is 14.5 Å². The summed E-state index contributed by atoms with van der Waals surface area (Å²) in [5, 5.41) is 23.5. The van der Waals surface area contributed by atoms with Gasteiger partial charge in [-0.15, -0.1) is 0 Å². The van der Waals surface area contributed by atoms with Gasteiger partial charge in [-0.2, -0.15) is 15.6 Å². The average molecular weight is 561 g/mol. The third-order valence-electron chi connectivity index (χ3n) is 9.04. The highest BCUT2D eigenvalue weighted by atomic mass is 16.5. The Morgan fingerprint density at radius 3 is 2.55 bits per heavy atom. The zero-order valence-electron chi connectivity index (χ0n) is 23.8. The van der Waals surface area contributed by atoms with Crippen molar-refractivity contribution in [1.82, 2.24) is 24.5 Å². The van der Waals surface area contributed by atoms with E-state index >= 15 is 0 Å². The topological polar surface area (TPSA) is 116 Å². The van der Waals surface area contributed by atoms with E-state index in [0.717, 1.165) is 54.9 Å². The number of pyridine rings is 3. The van der Waals surface area contributed by atoms with E-state index in [4.69, 9.17) is 14.5 Å². The lowest BCUT2D eigenvalue weighted by Gasteiger charge is -2.56. The van der Waals surface area contributed by atoms with Crippen molar-refractivity contribution in [3.63, 3.8) is 0 Å². The molecule has 4 aliphatic rings. The molecule has 7 heterocycles. The van der Waals surface area contributed by atoms with Crippen LogP contribution in [0.25, 0.3) is 16.6 Å². The van der Waals surface area contributed by atoms with Crippen molar-refractivity contribution < 1.29 is 9.47 Å². The standard InChI is InChI=1S/C32H32N8O2/c1-32(20-34)9-22(10-32)19-42-27-8-28(31-24(11-33)14-37-40(31)18-27)23-4-5-29(35-13-23)38-16-25-7-26(17-38)39(25)15-21-3-6-30(41-2)36-12-21/h3-6,8,12-14,18,22,25-26H,7,9-10,15-17,19H2,1-2H3. The number of fused-ring (bicyclic) bond motifs is 3. The Morgan fingerprint density at radius 2 is 1.88 bits per heavy atom. The van der Waals surface area contributed by atoms with Gasteiger partial charge >= 0.3 is 0 Å². The van der Waals surface area contributed by atoms with Gasteiger partial charge in [0.05, 0.1) is 48.7 Å². The van der Waals surface area contributed by atoms with E-state index < -0.39 is 0 Å². The van der Waals surface area contributed by atoms with Crippen molar-refractivity contribution >= 4 is 11.3 Å². The summed E-state index contributed by atoms with van der Waals surface area (Å²) in [4.78, 5) is 14.1. The number of hydrogen-bond donors (Lipinski definition) is 0. The summed E-state index contributed by atoms with van der Waals surface area (Å²) in [6, 6.07) is 15.8. The van der Waals surface area contributed by atoms with Crippen LogP contribution >= 0.6 is 0 Å². The normalized spacial score (nSPS) is 24.8. The molecule has 4 aromatic heterocycles. The molecular formula is C32H32N8O2. The molecule has 212 valence electrons. The van der Waals surface area contributed by atoms with Crippen molar-refractivity contribution in [1.29, 1.82) is 10.5 Å². The van der Waals surface area contributed by atoms with Crippen molar-refractivity contribution in [2.24, 2.45) is 11.3 Å². The maximum atomic E-state index is 9.74. The van der Waals surface area contributed by atoms with Crippen LogP contribution in [0.1, 0.15) is 37.3 Å². The second-order valence-electron chi connectivity index (χ2n) is 12.0. The van der Waals surface area contributed by atoms with Gasteiger partial charge in [-0.05, 0) is 55.9 Å². The number of nitrogens with zero attached hydrogens (tertiary/aromatic N) is 8. The number of nitriles is 2. The maximum absolute atomic E-state index is 9.74. The van der Waals surface area contributed by atoms with E-state index in [1.807, 2.05) is 37.6 Å². The fraction of sp³-hybridized carbons (Fsp3) is 0.406. The van der Waals surface area contributed by atoms with Crippen molar-refractivity contribution in [3.8, 4) is 34.9 Å². The van der Waals surface area contributed by atoms with Gasteiger partial charge in [0, 0.05) is 61.3 Å². The van der Waals surface area contributed by atoms with Crippen LogP contribution in [-0.4, -0.2) is 63.4 Å². The molecule has 10 heteroatoms. The fourth-order valence-electron chi connectivity index (χ4n) is 6.82. The maximum Gasteiger partial charge on any atom is 0.212 e.